The predicted octanol–water partition coefficient (Wildman–Crippen LogP) is 6.15. The number of carbonyl (C=O) groups is 5. The number of hydrogen-bond acceptors (Lipinski definition) is 16. The average molecular weight is 891 g/mol. The number of rotatable bonds is 5. The molecule has 3 aliphatic rings. The number of nitrogens with one attached hydrogen (secondary N) is 2. The van der Waals surface area contributed by atoms with Crippen LogP contribution in [0.3, 0.4) is 0 Å². The standard InChI is InChI=1S/C46H54N2O16/c1-20-12-11-13-21(2)43(56)47-33-34(48-45(58)63-28-16-14-27(15-17-28)44(57)60-10)38(53)30-31(39(33)54)37(52)25(6)41-32(30)42(55)46(8,64-41)61-19-18-29(59-9)22(3)40(62-26(7)49)24(5)36(51)23(4)35(20)50/h11-20,22-24,29,35-36,40,50-54H,1-10H3,(H,47,56)(H,48,58)/b12-11+,19-18+,21-13-/t20-,22-,23-,24-,29+,35+,36+,40-,46+/m1/s1. The van der Waals surface area contributed by atoms with Crippen LogP contribution in [0.15, 0.2) is 60.4 Å². The molecule has 7 N–H and O–H groups in total. The number of aliphatic hydroxyl groups excluding tert-OH is 2. The van der Waals surface area contributed by atoms with Gasteiger partial charge in [0.05, 0.1) is 48.2 Å². The van der Waals surface area contributed by atoms with Crippen LogP contribution in [-0.4, -0.2) is 99.7 Å². The van der Waals surface area contributed by atoms with E-state index in [1.807, 2.05) is 0 Å². The topological polar surface area (TPSA) is 266 Å². The van der Waals surface area contributed by atoms with E-state index in [1.54, 1.807) is 33.8 Å². The van der Waals surface area contributed by atoms with Gasteiger partial charge in [-0.15, -0.1) is 0 Å². The number of methoxy groups -OCH3 is 2. The zero-order chi connectivity index (χ0) is 47.5. The van der Waals surface area contributed by atoms with Crippen LogP contribution in [0.1, 0.15) is 74.7 Å². The Bertz CT molecular complexity index is 2420. The molecule has 344 valence electrons. The molecule has 9 atom stereocenters. The van der Waals surface area contributed by atoms with E-state index >= 15 is 0 Å². The van der Waals surface area contributed by atoms with E-state index in [4.69, 9.17) is 28.4 Å². The van der Waals surface area contributed by atoms with Crippen LogP contribution in [0, 0.1) is 30.6 Å². The Kier molecular flexibility index (Phi) is 14.7. The van der Waals surface area contributed by atoms with Gasteiger partial charge in [-0.1, -0.05) is 45.9 Å². The molecule has 0 saturated heterocycles. The van der Waals surface area contributed by atoms with Crippen molar-refractivity contribution >= 4 is 51.9 Å². The maximum absolute atomic E-state index is 14.5. The first-order valence-corrected chi connectivity index (χ1v) is 20.3. The van der Waals surface area contributed by atoms with Crippen LogP contribution in [0.4, 0.5) is 16.2 Å². The van der Waals surface area contributed by atoms with Gasteiger partial charge in [-0.3, -0.25) is 19.7 Å². The Morgan fingerprint density at radius 1 is 0.859 bits per heavy atom. The Morgan fingerprint density at radius 3 is 2.12 bits per heavy atom. The van der Waals surface area contributed by atoms with Crippen LogP contribution in [0.5, 0.6) is 28.7 Å². The fourth-order valence-corrected chi connectivity index (χ4v) is 7.86. The highest BCUT2D eigenvalue weighted by Gasteiger charge is 2.50. The summed E-state index contributed by atoms with van der Waals surface area (Å²) in [5.41, 5.74) is -1.50. The monoisotopic (exact) mass is 890 g/mol. The zero-order valence-electron chi connectivity index (χ0n) is 37.0. The van der Waals surface area contributed by atoms with Crippen molar-refractivity contribution in [3.63, 3.8) is 0 Å². The lowest BCUT2D eigenvalue weighted by Crippen LogP contribution is -2.46. The van der Waals surface area contributed by atoms with E-state index in [0.717, 1.165) is 6.26 Å². The second-order valence-electron chi connectivity index (χ2n) is 16.1. The molecule has 0 fully saturated rings. The minimum Gasteiger partial charge on any atom is -0.507 e. The highest BCUT2D eigenvalue weighted by atomic mass is 16.7. The van der Waals surface area contributed by atoms with Crippen LogP contribution >= 0.6 is 0 Å². The fraction of sp³-hybridized carbons (Fsp3) is 0.413. The molecule has 2 amide bonds. The van der Waals surface area contributed by atoms with Crippen LogP contribution in [0.25, 0.3) is 10.8 Å². The van der Waals surface area contributed by atoms with Crippen LogP contribution < -0.4 is 20.1 Å². The largest absolute Gasteiger partial charge is 0.507 e. The van der Waals surface area contributed by atoms with Crippen LogP contribution in [-0.2, 0) is 28.5 Å². The summed E-state index contributed by atoms with van der Waals surface area (Å²) >= 11 is 0. The second-order valence-corrected chi connectivity index (χ2v) is 16.1. The summed E-state index contributed by atoms with van der Waals surface area (Å²) in [5.74, 6) is -10.7. The number of ketones is 1. The third-order valence-corrected chi connectivity index (χ3v) is 11.7. The van der Waals surface area contributed by atoms with E-state index in [9.17, 15) is 49.5 Å². The molecule has 0 saturated carbocycles. The summed E-state index contributed by atoms with van der Waals surface area (Å²) in [6.45, 7) is 12.0. The van der Waals surface area contributed by atoms with Crippen molar-refractivity contribution in [3.05, 3.63) is 77.1 Å². The first-order chi connectivity index (χ1) is 30.1. The third-order valence-electron chi connectivity index (χ3n) is 11.7. The number of benzene rings is 3. The molecule has 0 unspecified atom stereocenters. The van der Waals surface area contributed by atoms with Gasteiger partial charge in [0.15, 0.2) is 5.75 Å². The number of hydrogen-bond donors (Lipinski definition) is 7. The molecule has 0 radical (unpaired) electrons. The number of aromatic hydroxyl groups is 3. The zero-order valence-corrected chi connectivity index (χ0v) is 37.0. The molecule has 3 heterocycles. The molecule has 0 aliphatic carbocycles. The molecule has 6 rings (SSSR count). The Balaban J connectivity index is 1.69. The summed E-state index contributed by atoms with van der Waals surface area (Å²) in [5, 5.41) is 62.2. The number of phenolic OH excluding ortho intramolecular Hbond substituents is 3. The molecule has 0 spiro atoms. The molecule has 0 aromatic heterocycles. The lowest BCUT2D eigenvalue weighted by molar-refractivity contribution is -0.160. The van der Waals surface area contributed by atoms with Gasteiger partial charge < -0.3 is 59.3 Å². The normalized spacial score (nSPS) is 28.2. The lowest BCUT2D eigenvalue weighted by atomic mass is 9.78. The van der Waals surface area contributed by atoms with Crippen molar-refractivity contribution in [1.29, 1.82) is 0 Å². The molecule has 5 bridgehead atoms. The number of carbonyl (C=O) groups excluding carboxylic acids is 5. The van der Waals surface area contributed by atoms with E-state index in [-0.39, 0.29) is 33.8 Å². The predicted molar refractivity (Wildman–Crippen MR) is 231 cm³/mol. The molecule has 3 aliphatic heterocycles. The van der Waals surface area contributed by atoms with Crippen molar-refractivity contribution in [2.24, 2.45) is 23.7 Å². The Labute approximate surface area is 369 Å². The van der Waals surface area contributed by atoms with Crippen LogP contribution in [0.2, 0.25) is 0 Å². The average Bonchev–Trinajstić information content (AvgIpc) is 3.52. The lowest BCUT2D eigenvalue weighted by Gasteiger charge is -2.38. The SMILES string of the molecule is COC(=O)c1ccc(OC(=O)Nc2c3c(O)c4c(O)c(C)c5c(c4c2O)C(=O)[C@@](C)(O/C=C/[C@H](OC)[C@@H](C)[C@@H](OC(C)=O)[C@H](C)[C@@H](O)[C@H](C)[C@@H](O)[C@H](C)/C=C/C=C(/C)C(=O)N3)O5)cc1. The number of amides is 2. The first kappa shape index (κ1) is 48.4. The van der Waals surface area contributed by atoms with Crippen molar-refractivity contribution < 1.29 is 77.9 Å². The smallest absolute Gasteiger partial charge is 0.417 e. The van der Waals surface area contributed by atoms with E-state index in [0.29, 0.717) is 0 Å². The highest BCUT2D eigenvalue weighted by molar-refractivity contribution is 6.24. The third kappa shape index (κ3) is 9.48. The highest BCUT2D eigenvalue weighted by Crippen LogP contribution is 2.57. The summed E-state index contributed by atoms with van der Waals surface area (Å²) in [4.78, 5) is 65.9. The van der Waals surface area contributed by atoms with Gasteiger partial charge in [-0.25, -0.2) is 9.59 Å². The number of allylic oxidation sites excluding steroid dienone is 2. The molecule has 3 aromatic rings. The van der Waals surface area contributed by atoms with Gasteiger partial charge in [0.1, 0.15) is 40.5 Å². The van der Waals surface area contributed by atoms with Gasteiger partial charge in [-0.05, 0) is 44.2 Å². The molecule has 64 heavy (non-hydrogen) atoms. The number of aliphatic hydroxyl groups is 2. The minimum absolute atomic E-state index is 0.0251. The molecular formula is C46H54N2O16. The van der Waals surface area contributed by atoms with E-state index in [2.05, 4.69) is 10.6 Å². The molecule has 18 heteroatoms. The van der Waals surface area contributed by atoms with Crippen molar-refractivity contribution in [3.8, 4) is 28.7 Å². The Morgan fingerprint density at radius 2 is 1.52 bits per heavy atom. The fourth-order valence-electron chi connectivity index (χ4n) is 7.86. The van der Waals surface area contributed by atoms with E-state index < -0.39 is 123 Å². The van der Waals surface area contributed by atoms with E-state index in [1.165, 1.54) is 84.4 Å². The van der Waals surface area contributed by atoms with Gasteiger partial charge in [-0.2, -0.15) is 0 Å². The first-order valence-electron chi connectivity index (χ1n) is 20.3. The molecular weight excluding hydrogens is 837 g/mol. The number of Topliss-reactive ketones (excluding diaryl/α,β-unsaturated/α-hetero) is 1. The van der Waals surface area contributed by atoms with Gasteiger partial charge >= 0.3 is 23.8 Å². The number of ether oxygens (including phenoxy) is 6. The quantitative estimate of drug-likeness (QED) is 0.0860. The summed E-state index contributed by atoms with van der Waals surface area (Å²) in [7, 11) is 2.59. The number of anilines is 2. The number of phenols is 3. The maximum atomic E-state index is 14.5. The molecule has 3 aromatic carbocycles. The summed E-state index contributed by atoms with van der Waals surface area (Å²) in [6.07, 6.45) is 1.66. The minimum atomic E-state index is -2.17. The maximum Gasteiger partial charge on any atom is 0.417 e. The van der Waals surface area contributed by atoms with Gasteiger partial charge in [0.25, 0.3) is 11.7 Å². The second kappa shape index (κ2) is 19.4. The molecule has 18 nitrogen and oxygen atoms in total. The van der Waals surface area contributed by atoms with Crippen molar-refractivity contribution in [2.45, 2.75) is 85.6 Å². The summed E-state index contributed by atoms with van der Waals surface area (Å²) in [6, 6.07) is 5.23. The van der Waals surface area contributed by atoms with Gasteiger partial charge in [0, 0.05) is 61.2 Å². The van der Waals surface area contributed by atoms with Gasteiger partial charge in [0.2, 0.25) is 0 Å². The number of esters is 2. The van der Waals surface area contributed by atoms with Crippen molar-refractivity contribution in [2.75, 3.05) is 24.9 Å². The summed E-state index contributed by atoms with van der Waals surface area (Å²) < 4.78 is 33.5. The van der Waals surface area contributed by atoms with Crippen molar-refractivity contribution in [1.82, 2.24) is 0 Å². The Hall–Kier alpha value is -6.63. The number of fused-ring (bicyclic) bond motifs is 14.